The van der Waals surface area contributed by atoms with Gasteiger partial charge in [0.2, 0.25) is 17.6 Å². The molecule has 6 nitrogen and oxygen atoms in total. The molecule has 1 aromatic carbocycles. The molecule has 0 saturated carbocycles. The number of furan rings is 1. The summed E-state index contributed by atoms with van der Waals surface area (Å²) in [6.45, 7) is 2.91. The van der Waals surface area contributed by atoms with Gasteiger partial charge in [-0.3, -0.25) is 10.1 Å². The van der Waals surface area contributed by atoms with Gasteiger partial charge in [0.1, 0.15) is 12.4 Å². The fraction of sp³-hybridized carbons (Fsp3) is 0.167. The van der Waals surface area contributed by atoms with Gasteiger partial charge >= 0.3 is 0 Å². The van der Waals surface area contributed by atoms with Crippen LogP contribution in [-0.2, 0) is 6.61 Å². The minimum absolute atomic E-state index is 0.00467. The summed E-state index contributed by atoms with van der Waals surface area (Å²) in [6.07, 6.45) is 0. The molecule has 1 amide bonds. The summed E-state index contributed by atoms with van der Waals surface area (Å²) < 4.78 is 63.5. The van der Waals surface area contributed by atoms with Gasteiger partial charge in [0.25, 0.3) is 5.91 Å². The maximum Gasteiger partial charge on any atom is 0.293 e. The molecule has 0 aliphatic heterocycles. The van der Waals surface area contributed by atoms with Crippen molar-refractivity contribution in [2.45, 2.75) is 20.5 Å². The van der Waals surface area contributed by atoms with Crippen molar-refractivity contribution in [2.75, 3.05) is 5.32 Å². The SMILES string of the molecule is Cc1cc(C)nc(NC(=O)c2ccc(COc3c(F)c(F)cc(F)c3F)o2)n1. The number of benzene rings is 1. The third kappa shape index (κ3) is 4.11. The molecule has 1 N–H and O–H groups in total. The van der Waals surface area contributed by atoms with Crippen LogP contribution < -0.4 is 10.1 Å². The summed E-state index contributed by atoms with van der Waals surface area (Å²) >= 11 is 0. The lowest BCUT2D eigenvalue weighted by molar-refractivity contribution is 0.0991. The fourth-order valence-corrected chi connectivity index (χ4v) is 2.34. The van der Waals surface area contributed by atoms with Crippen molar-refractivity contribution in [1.82, 2.24) is 9.97 Å². The average molecular weight is 395 g/mol. The second-order valence-corrected chi connectivity index (χ2v) is 5.78. The van der Waals surface area contributed by atoms with Crippen LogP contribution >= 0.6 is 0 Å². The second-order valence-electron chi connectivity index (χ2n) is 5.78. The van der Waals surface area contributed by atoms with Gasteiger partial charge in [-0.1, -0.05) is 0 Å². The molecule has 0 unspecified atom stereocenters. The molecule has 3 rings (SSSR count). The highest BCUT2D eigenvalue weighted by molar-refractivity contribution is 6.01. The molecule has 0 spiro atoms. The maximum absolute atomic E-state index is 13.6. The van der Waals surface area contributed by atoms with Crippen LogP contribution in [0.15, 0.2) is 28.7 Å². The van der Waals surface area contributed by atoms with E-state index in [1.165, 1.54) is 12.1 Å². The normalized spacial score (nSPS) is 10.8. The number of nitrogens with one attached hydrogen (secondary N) is 1. The first kappa shape index (κ1) is 19.3. The number of aryl methyl sites for hydroxylation is 2. The van der Waals surface area contributed by atoms with E-state index >= 15 is 0 Å². The van der Waals surface area contributed by atoms with Gasteiger partial charge in [-0.2, -0.15) is 8.78 Å². The lowest BCUT2D eigenvalue weighted by Crippen LogP contribution is -2.14. The number of rotatable bonds is 5. The van der Waals surface area contributed by atoms with Crippen molar-refractivity contribution in [2.24, 2.45) is 0 Å². The number of hydrogen-bond acceptors (Lipinski definition) is 5. The first-order valence-electron chi connectivity index (χ1n) is 7.92. The first-order valence-corrected chi connectivity index (χ1v) is 7.92. The number of aromatic nitrogens is 2. The molecule has 0 atom stereocenters. The second kappa shape index (κ2) is 7.67. The molecule has 0 bridgehead atoms. The Bertz CT molecular complexity index is 1010. The van der Waals surface area contributed by atoms with Gasteiger partial charge in [0.05, 0.1) is 0 Å². The van der Waals surface area contributed by atoms with Gasteiger partial charge in [-0.15, -0.1) is 0 Å². The number of ether oxygens (including phenoxy) is 1. The first-order chi connectivity index (χ1) is 13.2. The number of nitrogens with zero attached hydrogens (tertiary/aromatic N) is 2. The molecule has 0 radical (unpaired) electrons. The van der Waals surface area contributed by atoms with Crippen LogP contribution in [0.1, 0.15) is 27.7 Å². The zero-order chi connectivity index (χ0) is 20.4. The smallest absolute Gasteiger partial charge is 0.293 e. The number of anilines is 1. The molecule has 28 heavy (non-hydrogen) atoms. The fourth-order valence-electron chi connectivity index (χ4n) is 2.34. The lowest BCUT2D eigenvalue weighted by Gasteiger charge is -2.08. The largest absolute Gasteiger partial charge is 0.479 e. The van der Waals surface area contributed by atoms with Crippen molar-refractivity contribution < 1.29 is 31.5 Å². The minimum Gasteiger partial charge on any atom is -0.479 e. The van der Waals surface area contributed by atoms with E-state index in [9.17, 15) is 22.4 Å². The quantitative estimate of drug-likeness (QED) is 0.521. The van der Waals surface area contributed by atoms with Crippen LogP contribution in [0.5, 0.6) is 5.75 Å². The highest BCUT2D eigenvalue weighted by Gasteiger charge is 2.21. The van der Waals surface area contributed by atoms with Gasteiger partial charge in [-0.05, 0) is 32.0 Å². The summed E-state index contributed by atoms with van der Waals surface area (Å²) in [5, 5.41) is 2.45. The van der Waals surface area contributed by atoms with Gasteiger partial charge in [0, 0.05) is 17.5 Å². The number of carbonyl (C=O) groups is 1. The van der Waals surface area contributed by atoms with E-state index in [0.29, 0.717) is 11.4 Å². The van der Waals surface area contributed by atoms with Gasteiger partial charge in [-0.25, -0.2) is 18.7 Å². The van der Waals surface area contributed by atoms with Crippen molar-refractivity contribution in [3.05, 3.63) is 70.4 Å². The van der Waals surface area contributed by atoms with Crippen LogP contribution in [-0.4, -0.2) is 15.9 Å². The highest BCUT2D eigenvalue weighted by Crippen LogP contribution is 2.27. The molecule has 0 saturated heterocycles. The summed E-state index contributed by atoms with van der Waals surface area (Å²) in [7, 11) is 0. The van der Waals surface area contributed by atoms with Crippen molar-refractivity contribution >= 4 is 11.9 Å². The molecular weight excluding hydrogens is 382 g/mol. The molecule has 3 aromatic rings. The summed E-state index contributed by atoms with van der Waals surface area (Å²) in [5.41, 5.74) is 1.31. The lowest BCUT2D eigenvalue weighted by atomic mass is 10.3. The molecule has 2 heterocycles. The topological polar surface area (TPSA) is 77.2 Å². The Hall–Kier alpha value is -3.43. The number of halogens is 4. The summed E-state index contributed by atoms with van der Waals surface area (Å²) in [6, 6.07) is 4.39. The summed E-state index contributed by atoms with van der Waals surface area (Å²) in [5.74, 6) is -8.48. The van der Waals surface area contributed by atoms with E-state index in [2.05, 4.69) is 15.3 Å². The highest BCUT2D eigenvalue weighted by atomic mass is 19.2. The Balaban J connectivity index is 1.70. The molecular formula is C18H13F4N3O3. The van der Waals surface area contributed by atoms with Crippen molar-refractivity contribution in [3.8, 4) is 5.75 Å². The number of amides is 1. The third-order valence-corrected chi connectivity index (χ3v) is 3.52. The molecule has 10 heteroatoms. The Labute approximate surface area is 156 Å². The zero-order valence-corrected chi connectivity index (χ0v) is 14.6. The monoisotopic (exact) mass is 395 g/mol. The van der Waals surface area contributed by atoms with Crippen LogP contribution in [0.2, 0.25) is 0 Å². The Kier molecular flexibility index (Phi) is 5.30. The van der Waals surface area contributed by atoms with E-state index in [1.54, 1.807) is 19.9 Å². The van der Waals surface area contributed by atoms with Crippen LogP contribution in [0.25, 0.3) is 0 Å². The summed E-state index contributed by atoms with van der Waals surface area (Å²) in [4.78, 5) is 20.3. The number of carbonyl (C=O) groups excluding carboxylic acids is 1. The van der Waals surface area contributed by atoms with Crippen LogP contribution in [0.4, 0.5) is 23.5 Å². The zero-order valence-electron chi connectivity index (χ0n) is 14.6. The standard InChI is InChI=1S/C18H13F4N3O3/c1-8-5-9(2)24-18(23-8)25-17(26)13-4-3-10(28-13)7-27-16-14(21)11(19)6-12(20)15(16)22/h3-6H,7H2,1-2H3,(H,23,24,25,26). The van der Waals surface area contributed by atoms with Gasteiger partial charge < -0.3 is 9.15 Å². The predicted molar refractivity (Wildman–Crippen MR) is 88.8 cm³/mol. The van der Waals surface area contributed by atoms with Gasteiger partial charge in [0.15, 0.2) is 23.1 Å². The van der Waals surface area contributed by atoms with E-state index in [1.807, 2.05) is 0 Å². The maximum atomic E-state index is 13.6. The molecule has 146 valence electrons. The van der Waals surface area contributed by atoms with Crippen LogP contribution in [0.3, 0.4) is 0 Å². The Morgan fingerprint density at radius 3 is 2.25 bits per heavy atom. The number of hydrogen-bond donors (Lipinski definition) is 1. The minimum atomic E-state index is -1.67. The van der Waals surface area contributed by atoms with E-state index < -0.39 is 41.5 Å². The predicted octanol–water partition coefficient (Wildman–Crippen LogP) is 4.07. The van der Waals surface area contributed by atoms with E-state index in [-0.39, 0.29) is 23.5 Å². The van der Waals surface area contributed by atoms with Crippen molar-refractivity contribution in [1.29, 1.82) is 0 Å². The Morgan fingerprint density at radius 2 is 1.64 bits per heavy atom. The van der Waals surface area contributed by atoms with E-state index in [4.69, 9.17) is 9.15 Å². The molecule has 0 fully saturated rings. The molecule has 0 aliphatic rings. The average Bonchev–Trinajstić information content (AvgIpc) is 3.08. The van der Waals surface area contributed by atoms with E-state index in [0.717, 1.165) is 0 Å². The Morgan fingerprint density at radius 1 is 1.04 bits per heavy atom. The van der Waals surface area contributed by atoms with Crippen molar-refractivity contribution in [3.63, 3.8) is 0 Å². The van der Waals surface area contributed by atoms with Crippen LogP contribution in [0, 0.1) is 37.1 Å². The molecule has 0 aliphatic carbocycles. The third-order valence-electron chi connectivity index (χ3n) is 3.52. The molecule has 2 aromatic heterocycles.